The van der Waals surface area contributed by atoms with Gasteiger partial charge < -0.3 is 0 Å². The third-order valence-electron chi connectivity index (χ3n) is 2.73. The van der Waals surface area contributed by atoms with Crippen molar-refractivity contribution in [1.82, 2.24) is 0 Å². The molecule has 0 saturated carbocycles. The van der Waals surface area contributed by atoms with Crippen LogP contribution in [0.2, 0.25) is 0 Å². The van der Waals surface area contributed by atoms with Gasteiger partial charge in [0.2, 0.25) is 0 Å². The fourth-order valence-electron chi connectivity index (χ4n) is 1.75. The van der Waals surface area contributed by atoms with Gasteiger partial charge in [0.1, 0.15) is 0 Å². The first-order valence-electron chi connectivity index (χ1n) is 6.04. The van der Waals surface area contributed by atoms with Gasteiger partial charge in [0.15, 0.2) is 5.78 Å². The standard InChI is InChI=1S/C17H13NO/c18-13-5-4-6-14-9-11-16(12-10-14)17(19)15-7-2-1-3-8-15/h1-4,6-12H,5H2. The van der Waals surface area contributed by atoms with Gasteiger partial charge in [-0.15, -0.1) is 0 Å². The molecule has 0 heterocycles. The van der Waals surface area contributed by atoms with Gasteiger partial charge in [-0.05, 0) is 5.56 Å². The first-order chi connectivity index (χ1) is 9.31. The van der Waals surface area contributed by atoms with Gasteiger partial charge in [0.25, 0.3) is 0 Å². The highest BCUT2D eigenvalue weighted by Crippen LogP contribution is 2.12. The van der Waals surface area contributed by atoms with Gasteiger partial charge in [-0.25, -0.2) is 0 Å². The van der Waals surface area contributed by atoms with Gasteiger partial charge in [-0.1, -0.05) is 66.7 Å². The number of carbonyl (C=O) groups is 1. The van der Waals surface area contributed by atoms with Crippen molar-refractivity contribution in [2.45, 2.75) is 6.42 Å². The highest BCUT2D eigenvalue weighted by Gasteiger charge is 2.07. The zero-order valence-corrected chi connectivity index (χ0v) is 10.4. The molecule has 0 spiro atoms. The fourth-order valence-corrected chi connectivity index (χ4v) is 1.75. The number of nitriles is 1. The van der Waals surface area contributed by atoms with Crippen molar-refractivity contribution in [2.24, 2.45) is 0 Å². The molecule has 0 aliphatic rings. The molecule has 0 saturated heterocycles. The smallest absolute Gasteiger partial charge is 0.193 e. The Morgan fingerprint density at radius 2 is 1.63 bits per heavy atom. The second-order valence-corrected chi connectivity index (χ2v) is 4.08. The summed E-state index contributed by atoms with van der Waals surface area (Å²) in [6, 6.07) is 18.6. The molecule has 2 nitrogen and oxygen atoms in total. The molecule has 2 rings (SSSR count). The molecule has 2 heteroatoms. The lowest BCUT2D eigenvalue weighted by atomic mass is 10.0. The summed E-state index contributed by atoms with van der Waals surface area (Å²) in [4.78, 5) is 12.2. The average molecular weight is 247 g/mol. The number of hydrogen-bond donors (Lipinski definition) is 0. The Morgan fingerprint density at radius 1 is 1.00 bits per heavy atom. The van der Waals surface area contributed by atoms with Crippen molar-refractivity contribution in [1.29, 1.82) is 5.26 Å². The van der Waals surface area contributed by atoms with E-state index < -0.39 is 0 Å². The number of rotatable bonds is 4. The molecule has 0 atom stereocenters. The first kappa shape index (κ1) is 12.8. The van der Waals surface area contributed by atoms with Crippen molar-refractivity contribution >= 4 is 11.9 Å². The van der Waals surface area contributed by atoms with E-state index in [9.17, 15) is 4.79 Å². The summed E-state index contributed by atoms with van der Waals surface area (Å²) in [6.07, 6.45) is 4.07. The molecule has 0 N–H and O–H groups in total. The predicted molar refractivity (Wildman–Crippen MR) is 75.6 cm³/mol. The lowest BCUT2D eigenvalue weighted by molar-refractivity contribution is 0.103. The van der Waals surface area contributed by atoms with Gasteiger partial charge in [0.05, 0.1) is 12.5 Å². The number of hydrogen-bond acceptors (Lipinski definition) is 2. The van der Waals surface area contributed by atoms with Crippen LogP contribution in [0.4, 0.5) is 0 Å². The van der Waals surface area contributed by atoms with Crippen LogP contribution in [0.5, 0.6) is 0 Å². The van der Waals surface area contributed by atoms with Crippen molar-refractivity contribution in [3.8, 4) is 6.07 Å². The summed E-state index contributed by atoms with van der Waals surface area (Å²) in [5.74, 6) is 0.0214. The zero-order chi connectivity index (χ0) is 13.5. The molecule has 0 bridgehead atoms. The maximum atomic E-state index is 12.2. The summed E-state index contributed by atoms with van der Waals surface area (Å²) in [7, 11) is 0. The van der Waals surface area contributed by atoms with E-state index in [1.54, 1.807) is 18.2 Å². The van der Waals surface area contributed by atoms with Gasteiger partial charge in [-0.2, -0.15) is 5.26 Å². The first-order valence-corrected chi connectivity index (χ1v) is 6.04. The Bertz CT molecular complexity index is 619. The van der Waals surface area contributed by atoms with Crippen LogP contribution in [0.25, 0.3) is 6.08 Å². The molecule has 0 aliphatic heterocycles. The third kappa shape index (κ3) is 3.40. The number of benzene rings is 2. The average Bonchev–Trinajstić information content (AvgIpc) is 2.48. The van der Waals surface area contributed by atoms with Crippen molar-refractivity contribution in [3.63, 3.8) is 0 Å². The Hall–Kier alpha value is -2.66. The Kier molecular flexibility index (Phi) is 4.25. The number of nitrogens with zero attached hydrogens (tertiary/aromatic N) is 1. The van der Waals surface area contributed by atoms with Crippen LogP contribution in [0.15, 0.2) is 60.7 Å². The van der Waals surface area contributed by atoms with Crippen LogP contribution in [0.3, 0.4) is 0 Å². The van der Waals surface area contributed by atoms with Crippen LogP contribution in [-0.2, 0) is 0 Å². The normalized spacial score (nSPS) is 10.3. The summed E-state index contributed by atoms with van der Waals surface area (Å²) in [6.45, 7) is 0. The fraction of sp³-hybridized carbons (Fsp3) is 0.0588. The minimum absolute atomic E-state index is 0.0214. The van der Waals surface area contributed by atoms with E-state index in [1.165, 1.54) is 0 Å². The maximum absolute atomic E-state index is 12.2. The van der Waals surface area contributed by atoms with E-state index in [4.69, 9.17) is 5.26 Å². The third-order valence-corrected chi connectivity index (χ3v) is 2.73. The molecular weight excluding hydrogens is 234 g/mol. The topological polar surface area (TPSA) is 40.9 Å². The minimum atomic E-state index is 0.0214. The summed E-state index contributed by atoms with van der Waals surface area (Å²) in [5.41, 5.74) is 2.35. The Balaban J connectivity index is 2.15. The molecule has 92 valence electrons. The van der Waals surface area contributed by atoms with Crippen LogP contribution in [0, 0.1) is 11.3 Å². The highest BCUT2D eigenvalue weighted by molar-refractivity contribution is 6.09. The lowest BCUT2D eigenvalue weighted by Crippen LogP contribution is -2.00. The molecule has 0 aliphatic carbocycles. The summed E-state index contributed by atoms with van der Waals surface area (Å²) >= 11 is 0. The van der Waals surface area contributed by atoms with E-state index in [0.717, 1.165) is 5.56 Å². The van der Waals surface area contributed by atoms with Gasteiger partial charge in [0, 0.05) is 11.1 Å². The van der Waals surface area contributed by atoms with Crippen molar-refractivity contribution in [2.75, 3.05) is 0 Å². The van der Waals surface area contributed by atoms with Gasteiger partial charge >= 0.3 is 0 Å². The minimum Gasteiger partial charge on any atom is -0.289 e. The number of ketones is 1. The number of allylic oxidation sites excluding steroid dienone is 1. The van der Waals surface area contributed by atoms with Crippen LogP contribution < -0.4 is 0 Å². The molecule has 2 aromatic rings. The maximum Gasteiger partial charge on any atom is 0.193 e. The second-order valence-electron chi connectivity index (χ2n) is 4.08. The molecule has 19 heavy (non-hydrogen) atoms. The molecule has 0 radical (unpaired) electrons. The monoisotopic (exact) mass is 247 g/mol. The Labute approximate surface area is 112 Å². The molecule has 0 aromatic heterocycles. The SMILES string of the molecule is N#CCC=Cc1ccc(C(=O)c2ccccc2)cc1. The van der Waals surface area contributed by atoms with E-state index in [1.807, 2.05) is 54.6 Å². The quantitative estimate of drug-likeness (QED) is 0.770. The second kappa shape index (κ2) is 6.32. The predicted octanol–water partition coefficient (Wildman–Crippen LogP) is 3.84. The highest BCUT2D eigenvalue weighted by atomic mass is 16.1. The summed E-state index contributed by atoms with van der Waals surface area (Å²) in [5, 5.41) is 8.44. The Morgan fingerprint density at radius 3 is 2.26 bits per heavy atom. The lowest BCUT2D eigenvalue weighted by Gasteiger charge is -2.01. The molecular formula is C17H13NO. The molecule has 2 aromatic carbocycles. The van der Waals surface area contributed by atoms with E-state index in [2.05, 4.69) is 0 Å². The van der Waals surface area contributed by atoms with Crippen molar-refractivity contribution < 1.29 is 4.79 Å². The van der Waals surface area contributed by atoms with E-state index >= 15 is 0 Å². The largest absolute Gasteiger partial charge is 0.289 e. The number of carbonyl (C=O) groups excluding carboxylic acids is 1. The molecule has 0 amide bonds. The van der Waals surface area contributed by atoms with E-state index in [-0.39, 0.29) is 5.78 Å². The van der Waals surface area contributed by atoms with E-state index in [0.29, 0.717) is 17.5 Å². The summed E-state index contributed by atoms with van der Waals surface area (Å²) < 4.78 is 0. The van der Waals surface area contributed by atoms with Gasteiger partial charge in [-0.3, -0.25) is 4.79 Å². The van der Waals surface area contributed by atoms with Crippen LogP contribution >= 0.6 is 0 Å². The molecule has 0 unspecified atom stereocenters. The molecule has 0 fully saturated rings. The van der Waals surface area contributed by atoms with Crippen molar-refractivity contribution in [3.05, 3.63) is 77.4 Å². The van der Waals surface area contributed by atoms with Crippen LogP contribution in [-0.4, -0.2) is 5.78 Å². The van der Waals surface area contributed by atoms with Crippen LogP contribution in [0.1, 0.15) is 27.9 Å². The zero-order valence-electron chi connectivity index (χ0n) is 10.4.